The van der Waals surface area contributed by atoms with Crippen LogP contribution in [-0.4, -0.2) is 0 Å². The quantitative estimate of drug-likeness (QED) is 0.619. The Hall–Kier alpha value is -1.04. The van der Waals surface area contributed by atoms with Gasteiger partial charge < -0.3 is 0 Å². The summed E-state index contributed by atoms with van der Waals surface area (Å²) in [6.45, 7) is 4.73. The molecule has 15 heavy (non-hydrogen) atoms. The molecule has 2 aliphatic rings. The molecule has 2 aliphatic carbocycles. The molecule has 0 aromatic carbocycles. The maximum atomic E-state index is 2.41. The number of hydrogen-bond donors (Lipinski definition) is 0. The standard InChI is InChI=1S/C15H20/c1-15(2,13-9-5-3-6-10-13)14-11-7-4-8-12-14/h3,5-7,9,11-13H,4,8,10H2,1-2H3/t13-/m0/s1. The second kappa shape index (κ2) is 4.22. The van der Waals surface area contributed by atoms with Gasteiger partial charge in [0.05, 0.1) is 0 Å². The maximum absolute atomic E-state index is 2.41. The predicted octanol–water partition coefficient (Wildman–Crippen LogP) is 4.42. The Labute approximate surface area is 93.1 Å². The SMILES string of the molecule is CC(C)(C1=CCCC=C1)[C@H]1C=CC=CC1. The fourth-order valence-corrected chi connectivity index (χ4v) is 2.42. The third kappa shape index (κ3) is 2.14. The number of hydrogen-bond acceptors (Lipinski definition) is 0. The topological polar surface area (TPSA) is 0 Å². The van der Waals surface area contributed by atoms with Crippen LogP contribution >= 0.6 is 0 Å². The molecule has 0 heteroatoms. The van der Waals surface area contributed by atoms with Gasteiger partial charge >= 0.3 is 0 Å². The van der Waals surface area contributed by atoms with E-state index in [1.54, 1.807) is 0 Å². The van der Waals surface area contributed by atoms with Crippen LogP contribution in [0.3, 0.4) is 0 Å². The van der Waals surface area contributed by atoms with Gasteiger partial charge in [-0.15, -0.1) is 0 Å². The predicted molar refractivity (Wildman–Crippen MR) is 66.6 cm³/mol. The van der Waals surface area contributed by atoms with Crippen LogP contribution in [0.1, 0.15) is 33.1 Å². The van der Waals surface area contributed by atoms with Gasteiger partial charge in [-0.2, -0.15) is 0 Å². The van der Waals surface area contributed by atoms with E-state index >= 15 is 0 Å². The minimum absolute atomic E-state index is 0.276. The van der Waals surface area contributed by atoms with Crippen molar-refractivity contribution in [1.29, 1.82) is 0 Å². The normalized spacial score (nSPS) is 25.5. The van der Waals surface area contributed by atoms with Gasteiger partial charge in [-0.25, -0.2) is 0 Å². The van der Waals surface area contributed by atoms with Crippen molar-refractivity contribution in [3.8, 4) is 0 Å². The van der Waals surface area contributed by atoms with Crippen LogP contribution in [0.5, 0.6) is 0 Å². The summed E-state index contributed by atoms with van der Waals surface area (Å²) in [5.41, 5.74) is 1.79. The summed E-state index contributed by atoms with van der Waals surface area (Å²) >= 11 is 0. The minimum atomic E-state index is 0.276. The van der Waals surface area contributed by atoms with Gasteiger partial charge in [0, 0.05) is 0 Å². The van der Waals surface area contributed by atoms with E-state index in [4.69, 9.17) is 0 Å². The molecule has 0 radical (unpaired) electrons. The molecular weight excluding hydrogens is 180 g/mol. The van der Waals surface area contributed by atoms with Crippen molar-refractivity contribution >= 4 is 0 Å². The highest BCUT2D eigenvalue weighted by Gasteiger charge is 2.30. The molecule has 0 N–H and O–H groups in total. The summed E-state index contributed by atoms with van der Waals surface area (Å²) in [6.07, 6.45) is 19.6. The van der Waals surface area contributed by atoms with Gasteiger partial charge in [-0.3, -0.25) is 0 Å². The first-order valence-electron chi connectivity index (χ1n) is 5.92. The average molecular weight is 200 g/mol. The van der Waals surface area contributed by atoms with E-state index < -0.39 is 0 Å². The number of rotatable bonds is 2. The van der Waals surface area contributed by atoms with E-state index in [1.165, 1.54) is 24.8 Å². The van der Waals surface area contributed by atoms with Gasteiger partial charge in [0.1, 0.15) is 0 Å². The Kier molecular flexibility index (Phi) is 2.95. The van der Waals surface area contributed by atoms with Crippen molar-refractivity contribution in [3.63, 3.8) is 0 Å². The van der Waals surface area contributed by atoms with E-state index in [-0.39, 0.29) is 5.41 Å². The summed E-state index contributed by atoms with van der Waals surface area (Å²) in [5.74, 6) is 0.650. The molecule has 2 rings (SSSR count). The first-order valence-corrected chi connectivity index (χ1v) is 5.92. The van der Waals surface area contributed by atoms with Crippen molar-refractivity contribution < 1.29 is 0 Å². The number of allylic oxidation sites excluding steroid dienone is 8. The Balaban J connectivity index is 2.18. The fraction of sp³-hybridized carbons (Fsp3) is 0.467. The molecule has 0 saturated heterocycles. The summed E-state index contributed by atoms with van der Waals surface area (Å²) in [6, 6.07) is 0. The molecule has 0 heterocycles. The second-order valence-electron chi connectivity index (χ2n) is 5.02. The lowest BCUT2D eigenvalue weighted by Gasteiger charge is -2.35. The third-order valence-corrected chi connectivity index (χ3v) is 3.65. The van der Waals surface area contributed by atoms with E-state index in [0.717, 1.165) is 0 Å². The highest BCUT2D eigenvalue weighted by molar-refractivity contribution is 5.31. The molecule has 80 valence electrons. The molecule has 0 unspecified atom stereocenters. The van der Waals surface area contributed by atoms with Crippen LogP contribution in [0.2, 0.25) is 0 Å². The lowest BCUT2D eigenvalue weighted by atomic mass is 9.69. The fourth-order valence-electron chi connectivity index (χ4n) is 2.42. The van der Waals surface area contributed by atoms with Gasteiger partial charge in [0.25, 0.3) is 0 Å². The van der Waals surface area contributed by atoms with Crippen molar-refractivity contribution in [2.75, 3.05) is 0 Å². The highest BCUT2D eigenvalue weighted by Crippen LogP contribution is 2.41. The summed E-state index contributed by atoms with van der Waals surface area (Å²) in [7, 11) is 0. The highest BCUT2D eigenvalue weighted by atomic mass is 14.3. The van der Waals surface area contributed by atoms with Gasteiger partial charge in [-0.1, -0.05) is 56.4 Å². The van der Waals surface area contributed by atoms with Crippen LogP contribution in [0.25, 0.3) is 0 Å². The van der Waals surface area contributed by atoms with Crippen molar-refractivity contribution in [1.82, 2.24) is 0 Å². The van der Waals surface area contributed by atoms with Crippen molar-refractivity contribution in [3.05, 3.63) is 48.1 Å². The molecule has 1 atom stereocenters. The molecule has 0 aromatic heterocycles. The van der Waals surface area contributed by atoms with Crippen molar-refractivity contribution in [2.45, 2.75) is 33.1 Å². The second-order valence-corrected chi connectivity index (χ2v) is 5.02. The van der Waals surface area contributed by atoms with Gasteiger partial charge in [0.2, 0.25) is 0 Å². The average Bonchev–Trinajstić information content (AvgIpc) is 2.31. The van der Waals surface area contributed by atoms with E-state index in [0.29, 0.717) is 5.92 Å². The Morgan fingerprint density at radius 3 is 2.60 bits per heavy atom. The Morgan fingerprint density at radius 1 is 1.13 bits per heavy atom. The molecular formula is C15H20. The first-order chi connectivity index (χ1) is 7.21. The first kappa shape index (κ1) is 10.5. The third-order valence-electron chi connectivity index (χ3n) is 3.65. The molecule has 0 amide bonds. The molecule has 0 aliphatic heterocycles. The Bertz CT molecular complexity index is 337. The van der Waals surface area contributed by atoms with Gasteiger partial charge in [0.15, 0.2) is 0 Å². The van der Waals surface area contributed by atoms with E-state index in [9.17, 15) is 0 Å². The molecule has 0 spiro atoms. The van der Waals surface area contributed by atoms with Crippen LogP contribution in [0.15, 0.2) is 48.1 Å². The lowest BCUT2D eigenvalue weighted by molar-refractivity contribution is 0.325. The molecule has 0 bridgehead atoms. The van der Waals surface area contributed by atoms with E-state index in [2.05, 4.69) is 56.4 Å². The maximum Gasteiger partial charge on any atom is -0.00410 e. The summed E-state index contributed by atoms with van der Waals surface area (Å²) in [5, 5.41) is 0. The molecule has 0 saturated carbocycles. The van der Waals surface area contributed by atoms with Gasteiger partial charge in [-0.05, 0) is 36.2 Å². The van der Waals surface area contributed by atoms with Crippen LogP contribution in [-0.2, 0) is 0 Å². The lowest BCUT2D eigenvalue weighted by Crippen LogP contribution is -2.25. The zero-order valence-electron chi connectivity index (χ0n) is 9.74. The zero-order chi connectivity index (χ0) is 10.7. The summed E-state index contributed by atoms with van der Waals surface area (Å²) < 4.78 is 0. The Morgan fingerprint density at radius 2 is 2.00 bits per heavy atom. The van der Waals surface area contributed by atoms with Crippen LogP contribution in [0.4, 0.5) is 0 Å². The molecule has 0 aromatic rings. The van der Waals surface area contributed by atoms with Crippen molar-refractivity contribution in [2.24, 2.45) is 11.3 Å². The molecule has 0 fully saturated rings. The largest absolute Gasteiger partial charge is 0.0839 e. The minimum Gasteiger partial charge on any atom is -0.0839 e. The van der Waals surface area contributed by atoms with E-state index in [1.807, 2.05) is 0 Å². The smallest absolute Gasteiger partial charge is 0.00410 e. The zero-order valence-corrected chi connectivity index (χ0v) is 9.74. The monoisotopic (exact) mass is 200 g/mol. The van der Waals surface area contributed by atoms with Crippen LogP contribution < -0.4 is 0 Å². The summed E-state index contributed by atoms with van der Waals surface area (Å²) in [4.78, 5) is 0. The molecule has 0 nitrogen and oxygen atoms in total. The van der Waals surface area contributed by atoms with Crippen LogP contribution in [0, 0.1) is 11.3 Å².